The molecule has 0 amide bonds. The molecule has 0 unspecified atom stereocenters. The monoisotopic (exact) mass is 232 g/mol. The van der Waals surface area contributed by atoms with E-state index >= 15 is 0 Å². The highest BCUT2D eigenvalue weighted by Crippen LogP contribution is 2.40. The van der Waals surface area contributed by atoms with Gasteiger partial charge < -0.3 is 5.32 Å². The maximum absolute atomic E-state index is 4.61. The normalized spacial score (nSPS) is 16.4. The van der Waals surface area contributed by atoms with Gasteiger partial charge in [-0.2, -0.15) is 0 Å². The van der Waals surface area contributed by atoms with E-state index in [0.717, 1.165) is 18.8 Å². The van der Waals surface area contributed by atoms with Crippen molar-refractivity contribution in [2.24, 2.45) is 0 Å². The van der Waals surface area contributed by atoms with E-state index in [1.54, 1.807) is 5.56 Å². The minimum Gasteiger partial charge on any atom is -0.387 e. The van der Waals surface area contributed by atoms with Crippen molar-refractivity contribution in [1.82, 2.24) is 4.98 Å². The molecule has 0 aliphatic heterocycles. The number of aryl methyl sites for hydroxylation is 1. The first-order valence-corrected chi connectivity index (χ1v) is 7.00. The molecule has 1 aromatic rings. The standard InChI is InChI=1S/C15H24N2/c1-4-12-13(5-2)17-10-14(16-3)15(12)11-8-6-7-9-11/h10-11,16H,4-9H2,1-3H3. The van der Waals surface area contributed by atoms with Crippen molar-refractivity contribution in [1.29, 1.82) is 0 Å². The molecule has 0 atom stereocenters. The molecule has 0 radical (unpaired) electrons. The van der Waals surface area contributed by atoms with Crippen molar-refractivity contribution in [3.05, 3.63) is 23.0 Å². The van der Waals surface area contributed by atoms with Crippen LogP contribution in [0.2, 0.25) is 0 Å². The number of anilines is 1. The van der Waals surface area contributed by atoms with Gasteiger partial charge >= 0.3 is 0 Å². The molecule has 0 saturated heterocycles. The third kappa shape index (κ3) is 2.31. The summed E-state index contributed by atoms with van der Waals surface area (Å²) in [7, 11) is 2.01. The van der Waals surface area contributed by atoms with Crippen LogP contribution in [-0.2, 0) is 12.8 Å². The molecular formula is C15H24N2. The molecule has 0 spiro atoms. The molecule has 17 heavy (non-hydrogen) atoms. The largest absolute Gasteiger partial charge is 0.387 e. The molecule has 1 aromatic heterocycles. The number of pyridine rings is 1. The lowest BCUT2D eigenvalue weighted by Gasteiger charge is -2.21. The first kappa shape index (κ1) is 12.4. The molecule has 1 N–H and O–H groups in total. The van der Waals surface area contributed by atoms with Crippen molar-refractivity contribution < 1.29 is 0 Å². The van der Waals surface area contributed by atoms with E-state index in [4.69, 9.17) is 0 Å². The van der Waals surface area contributed by atoms with E-state index in [1.165, 1.54) is 42.6 Å². The average molecular weight is 232 g/mol. The summed E-state index contributed by atoms with van der Waals surface area (Å²) < 4.78 is 0. The molecule has 1 saturated carbocycles. The van der Waals surface area contributed by atoms with Crippen LogP contribution in [0.25, 0.3) is 0 Å². The summed E-state index contributed by atoms with van der Waals surface area (Å²) in [6, 6.07) is 0. The van der Waals surface area contributed by atoms with Gasteiger partial charge in [0.1, 0.15) is 0 Å². The van der Waals surface area contributed by atoms with Crippen LogP contribution in [0.4, 0.5) is 5.69 Å². The third-order valence-electron chi connectivity index (χ3n) is 4.03. The Bertz CT molecular complexity index is 379. The van der Waals surface area contributed by atoms with Crippen molar-refractivity contribution in [2.75, 3.05) is 12.4 Å². The number of rotatable bonds is 4. The van der Waals surface area contributed by atoms with Crippen LogP contribution >= 0.6 is 0 Å². The molecular weight excluding hydrogens is 208 g/mol. The third-order valence-corrected chi connectivity index (χ3v) is 4.03. The smallest absolute Gasteiger partial charge is 0.0562 e. The summed E-state index contributed by atoms with van der Waals surface area (Å²) in [5.74, 6) is 0.765. The zero-order valence-electron chi connectivity index (χ0n) is 11.3. The molecule has 2 nitrogen and oxygen atoms in total. The van der Waals surface area contributed by atoms with Gasteiger partial charge in [-0.25, -0.2) is 0 Å². The SMILES string of the molecule is CCc1ncc(NC)c(C2CCCC2)c1CC. The maximum atomic E-state index is 4.61. The fraction of sp³-hybridized carbons (Fsp3) is 0.667. The minimum absolute atomic E-state index is 0.765. The van der Waals surface area contributed by atoms with E-state index in [2.05, 4.69) is 24.1 Å². The molecule has 1 heterocycles. The highest BCUT2D eigenvalue weighted by Gasteiger charge is 2.23. The van der Waals surface area contributed by atoms with Crippen LogP contribution < -0.4 is 5.32 Å². The molecule has 1 fully saturated rings. The average Bonchev–Trinajstić information content (AvgIpc) is 2.90. The van der Waals surface area contributed by atoms with Crippen LogP contribution in [0.3, 0.4) is 0 Å². The predicted molar refractivity (Wildman–Crippen MR) is 73.7 cm³/mol. The van der Waals surface area contributed by atoms with Crippen LogP contribution in [0.5, 0.6) is 0 Å². The second-order valence-corrected chi connectivity index (χ2v) is 4.95. The van der Waals surface area contributed by atoms with Crippen LogP contribution in [0, 0.1) is 0 Å². The summed E-state index contributed by atoms with van der Waals surface area (Å²) >= 11 is 0. The lowest BCUT2D eigenvalue weighted by atomic mass is 9.89. The number of hydrogen-bond donors (Lipinski definition) is 1. The first-order valence-electron chi connectivity index (χ1n) is 7.00. The second-order valence-electron chi connectivity index (χ2n) is 4.95. The van der Waals surface area contributed by atoms with Gasteiger partial charge in [0.25, 0.3) is 0 Å². The van der Waals surface area contributed by atoms with Crippen molar-refractivity contribution in [3.8, 4) is 0 Å². The van der Waals surface area contributed by atoms with Gasteiger partial charge in [-0.05, 0) is 42.7 Å². The molecule has 94 valence electrons. The topological polar surface area (TPSA) is 24.9 Å². The second kappa shape index (κ2) is 5.52. The lowest BCUT2D eigenvalue weighted by molar-refractivity contribution is 0.708. The fourth-order valence-electron chi connectivity index (χ4n) is 3.19. The Kier molecular flexibility index (Phi) is 4.03. The van der Waals surface area contributed by atoms with Gasteiger partial charge in [0.2, 0.25) is 0 Å². The summed E-state index contributed by atoms with van der Waals surface area (Å²) in [6.45, 7) is 4.47. The quantitative estimate of drug-likeness (QED) is 0.851. The minimum atomic E-state index is 0.765. The van der Waals surface area contributed by atoms with E-state index in [1.807, 2.05) is 13.2 Å². The van der Waals surface area contributed by atoms with Gasteiger partial charge in [-0.3, -0.25) is 4.98 Å². The Morgan fingerprint density at radius 3 is 2.47 bits per heavy atom. The molecule has 0 aromatic carbocycles. The highest BCUT2D eigenvalue weighted by atomic mass is 14.9. The van der Waals surface area contributed by atoms with Gasteiger partial charge in [0, 0.05) is 12.7 Å². The Balaban J connectivity index is 2.49. The van der Waals surface area contributed by atoms with Crippen LogP contribution in [-0.4, -0.2) is 12.0 Å². The zero-order chi connectivity index (χ0) is 12.3. The molecule has 1 aliphatic carbocycles. The molecule has 1 aliphatic rings. The number of hydrogen-bond acceptors (Lipinski definition) is 2. The van der Waals surface area contributed by atoms with Crippen LogP contribution in [0.15, 0.2) is 6.20 Å². The Morgan fingerprint density at radius 2 is 1.94 bits per heavy atom. The maximum Gasteiger partial charge on any atom is 0.0562 e. The van der Waals surface area contributed by atoms with E-state index < -0.39 is 0 Å². The Morgan fingerprint density at radius 1 is 1.24 bits per heavy atom. The van der Waals surface area contributed by atoms with E-state index in [0.29, 0.717) is 0 Å². The summed E-state index contributed by atoms with van der Waals surface area (Å²) in [5, 5.41) is 3.34. The number of nitrogens with zero attached hydrogens (tertiary/aromatic N) is 1. The van der Waals surface area contributed by atoms with E-state index in [-0.39, 0.29) is 0 Å². The van der Waals surface area contributed by atoms with Gasteiger partial charge in [-0.15, -0.1) is 0 Å². The lowest BCUT2D eigenvalue weighted by Crippen LogP contribution is -2.09. The van der Waals surface area contributed by atoms with Gasteiger partial charge in [0.05, 0.1) is 11.9 Å². The molecule has 0 bridgehead atoms. The van der Waals surface area contributed by atoms with Gasteiger partial charge in [0.15, 0.2) is 0 Å². The van der Waals surface area contributed by atoms with Crippen molar-refractivity contribution in [2.45, 2.75) is 58.3 Å². The van der Waals surface area contributed by atoms with Crippen molar-refractivity contribution in [3.63, 3.8) is 0 Å². The highest BCUT2D eigenvalue weighted by molar-refractivity contribution is 5.56. The zero-order valence-corrected chi connectivity index (χ0v) is 11.3. The molecule has 2 heteroatoms. The van der Waals surface area contributed by atoms with Crippen LogP contribution in [0.1, 0.15) is 62.3 Å². The number of nitrogens with one attached hydrogen (secondary N) is 1. The fourth-order valence-corrected chi connectivity index (χ4v) is 3.19. The summed E-state index contributed by atoms with van der Waals surface area (Å²) in [4.78, 5) is 4.61. The first-order chi connectivity index (χ1) is 8.31. The van der Waals surface area contributed by atoms with Crippen molar-refractivity contribution >= 4 is 5.69 Å². The Hall–Kier alpha value is -1.05. The Labute approximate surface area is 105 Å². The molecule has 2 rings (SSSR count). The summed E-state index contributed by atoms with van der Waals surface area (Å²) in [6.07, 6.45) is 9.68. The predicted octanol–water partition coefficient (Wildman–Crippen LogP) is 3.91. The summed E-state index contributed by atoms with van der Waals surface area (Å²) in [5.41, 5.74) is 5.63. The number of aromatic nitrogens is 1. The van der Waals surface area contributed by atoms with Gasteiger partial charge in [-0.1, -0.05) is 26.7 Å². The van der Waals surface area contributed by atoms with E-state index in [9.17, 15) is 0 Å².